The number of hydrogen-bond acceptors (Lipinski definition) is 2. The Morgan fingerprint density at radius 3 is 2.64 bits per heavy atom. The molecule has 0 aromatic heterocycles. The molecule has 0 bridgehead atoms. The Bertz CT molecular complexity index is 549. The number of piperidine rings is 1. The summed E-state index contributed by atoms with van der Waals surface area (Å²) in [6.45, 7) is 13.9. The Labute approximate surface area is 136 Å². The molecule has 0 aliphatic carbocycles. The lowest BCUT2D eigenvalue weighted by Crippen LogP contribution is -2.31. The minimum absolute atomic E-state index is 0.650. The lowest BCUT2D eigenvalue weighted by molar-refractivity contribution is 0.237. The first-order chi connectivity index (χ1) is 10.5. The van der Waals surface area contributed by atoms with Gasteiger partial charge >= 0.3 is 0 Å². The van der Waals surface area contributed by atoms with Gasteiger partial charge in [-0.2, -0.15) is 0 Å². The summed E-state index contributed by atoms with van der Waals surface area (Å²) in [7, 11) is 2.20. The second kappa shape index (κ2) is 7.73. The van der Waals surface area contributed by atoms with E-state index in [1.165, 1.54) is 48.2 Å². The minimum Gasteiger partial charge on any atom is -0.306 e. The summed E-state index contributed by atoms with van der Waals surface area (Å²) in [4.78, 5) is 7.20. The number of likely N-dealkylation sites (tertiary alicyclic amines) is 1. The third-order valence-electron chi connectivity index (χ3n) is 4.96. The van der Waals surface area contributed by atoms with Crippen LogP contribution in [0.15, 0.2) is 35.3 Å². The van der Waals surface area contributed by atoms with Gasteiger partial charge in [0.05, 0.1) is 6.54 Å². The summed E-state index contributed by atoms with van der Waals surface area (Å²) in [6, 6.07) is 6.68. The van der Waals surface area contributed by atoms with Gasteiger partial charge in [-0.05, 0) is 81.9 Å². The molecular formula is C20H30N2. The van der Waals surface area contributed by atoms with Crippen LogP contribution in [-0.4, -0.2) is 37.3 Å². The smallest absolute Gasteiger partial charge is 0.0603 e. The third-order valence-corrected chi connectivity index (χ3v) is 4.96. The SMILES string of the molecule is C=C(CN=C(C)c1ccc(C)c(CC)c1)C1CCN(C)CC1. The van der Waals surface area contributed by atoms with Crippen molar-refractivity contribution in [1.29, 1.82) is 0 Å². The highest BCUT2D eigenvalue weighted by atomic mass is 15.1. The topological polar surface area (TPSA) is 15.6 Å². The van der Waals surface area contributed by atoms with Crippen molar-refractivity contribution < 1.29 is 0 Å². The number of nitrogens with zero attached hydrogens (tertiary/aromatic N) is 2. The van der Waals surface area contributed by atoms with Crippen LogP contribution in [0.4, 0.5) is 0 Å². The van der Waals surface area contributed by atoms with Crippen molar-refractivity contribution in [3.05, 3.63) is 47.0 Å². The summed E-state index contributed by atoms with van der Waals surface area (Å²) in [5.74, 6) is 0.650. The van der Waals surface area contributed by atoms with Gasteiger partial charge in [-0.3, -0.25) is 4.99 Å². The van der Waals surface area contributed by atoms with E-state index in [2.05, 4.69) is 57.5 Å². The van der Waals surface area contributed by atoms with Crippen LogP contribution in [0.3, 0.4) is 0 Å². The van der Waals surface area contributed by atoms with Crippen LogP contribution in [0, 0.1) is 12.8 Å². The second-order valence-electron chi connectivity index (χ2n) is 6.63. The van der Waals surface area contributed by atoms with Gasteiger partial charge in [0.2, 0.25) is 0 Å². The number of aryl methyl sites for hydroxylation is 2. The molecule has 0 amide bonds. The van der Waals surface area contributed by atoms with Crippen LogP contribution in [-0.2, 0) is 6.42 Å². The maximum atomic E-state index is 4.80. The van der Waals surface area contributed by atoms with E-state index < -0.39 is 0 Å². The van der Waals surface area contributed by atoms with Gasteiger partial charge in [-0.1, -0.05) is 31.2 Å². The number of rotatable bonds is 5. The predicted molar refractivity (Wildman–Crippen MR) is 97.0 cm³/mol. The Morgan fingerprint density at radius 2 is 2.00 bits per heavy atom. The number of aliphatic imine (C=N–C) groups is 1. The monoisotopic (exact) mass is 298 g/mol. The van der Waals surface area contributed by atoms with Crippen LogP contribution >= 0.6 is 0 Å². The van der Waals surface area contributed by atoms with Crippen LogP contribution in [0.25, 0.3) is 0 Å². The summed E-state index contributed by atoms with van der Waals surface area (Å²) in [6.07, 6.45) is 3.54. The molecule has 0 unspecified atom stereocenters. The van der Waals surface area contributed by atoms with E-state index in [1.807, 2.05) is 0 Å². The van der Waals surface area contributed by atoms with E-state index in [4.69, 9.17) is 4.99 Å². The van der Waals surface area contributed by atoms with Gasteiger partial charge in [-0.15, -0.1) is 0 Å². The molecule has 22 heavy (non-hydrogen) atoms. The summed E-state index contributed by atoms with van der Waals surface area (Å²) in [5.41, 5.74) is 6.47. The standard InChI is InChI=1S/C20H30N2/c1-6-18-13-20(8-7-15(18)2)17(4)21-14-16(3)19-9-11-22(5)12-10-19/h7-8,13,19H,3,6,9-12,14H2,1-2,4-5H3. The average molecular weight is 298 g/mol. The molecule has 0 atom stereocenters. The zero-order chi connectivity index (χ0) is 16.1. The Balaban J connectivity index is 1.98. The maximum Gasteiger partial charge on any atom is 0.0603 e. The van der Waals surface area contributed by atoms with E-state index in [1.54, 1.807) is 0 Å². The Morgan fingerprint density at radius 1 is 1.32 bits per heavy atom. The fraction of sp³-hybridized carbons (Fsp3) is 0.550. The molecule has 120 valence electrons. The van der Waals surface area contributed by atoms with Crippen molar-refractivity contribution in [3.8, 4) is 0 Å². The van der Waals surface area contributed by atoms with Gasteiger partial charge in [0.25, 0.3) is 0 Å². The highest BCUT2D eigenvalue weighted by Gasteiger charge is 2.18. The molecule has 2 nitrogen and oxygen atoms in total. The molecule has 2 rings (SSSR count). The van der Waals surface area contributed by atoms with Crippen molar-refractivity contribution in [1.82, 2.24) is 4.90 Å². The second-order valence-corrected chi connectivity index (χ2v) is 6.63. The molecule has 0 spiro atoms. The first-order valence-corrected chi connectivity index (χ1v) is 8.48. The molecular weight excluding hydrogens is 268 g/mol. The van der Waals surface area contributed by atoms with Gasteiger partial charge < -0.3 is 4.90 Å². The molecule has 2 heteroatoms. The number of hydrogen-bond donors (Lipinski definition) is 0. The first kappa shape index (κ1) is 17.0. The molecule has 1 aliphatic heterocycles. The van der Waals surface area contributed by atoms with Gasteiger partial charge in [-0.25, -0.2) is 0 Å². The first-order valence-electron chi connectivity index (χ1n) is 8.48. The Hall–Kier alpha value is -1.41. The predicted octanol–water partition coefficient (Wildman–Crippen LogP) is 4.26. The zero-order valence-corrected chi connectivity index (χ0v) is 14.7. The zero-order valence-electron chi connectivity index (χ0n) is 14.7. The molecule has 0 saturated carbocycles. The van der Waals surface area contributed by atoms with Crippen LogP contribution < -0.4 is 0 Å². The van der Waals surface area contributed by atoms with E-state index in [0.29, 0.717) is 5.92 Å². The molecule has 1 aromatic carbocycles. The summed E-state index contributed by atoms with van der Waals surface area (Å²) in [5, 5.41) is 0. The maximum absolute atomic E-state index is 4.80. The van der Waals surface area contributed by atoms with E-state index in [9.17, 15) is 0 Å². The molecule has 1 aromatic rings. The van der Waals surface area contributed by atoms with E-state index in [-0.39, 0.29) is 0 Å². The highest BCUT2D eigenvalue weighted by molar-refractivity contribution is 5.99. The van der Waals surface area contributed by atoms with E-state index >= 15 is 0 Å². The average Bonchev–Trinajstić information content (AvgIpc) is 2.53. The lowest BCUT2D eigenvalue weighted by Gasteiger charge is -2.29. The lowest BCUT2D eigenvalue weighted by atomic mass is 9.90. The van der Waals surface area contributed by atoms with E-state index in [0.717, 1.165) is 18.7 Å². The molecule has 1 saturated heterocycles. The van der Waals surface area contributed by atoms with Crippen LogP contribution in [0.2, 0.25) is 0 Å². The Kier molecular flexibility index (Phi) is 5.96. The fourth-order valence-electron chi connectivity index (χ4n) is 3.13. The van der Waals surface area contributed by atoms with Crippen molar-refractivity contribution >= 4 is 5.71 Å². The third kappa shape index (κ3) is 4.30. The molecule has 0 N–H and O–H groups in total. The van der Waals surface area contributed by atoms with Crippen molar-refractivity contribution in [3.63, 3.8) is 0 Å². The molecule has 0 radical (unpaired) electrons. The van der Waals surface area contributed by atoms with Crippen molar-refractivity contribution in [2.45, 2.75) is 40.0 Å². The normalized spacial score (nSPS) is 17.7. The van der Waals surface area contributed by atoms with Crippen molar-refractivity contribution in [2.24, 2.45) is 10.9 Å². The largest absolute Gasteiger partial charge is 0.306 e. The molecule has 1 fully saturated rings. The summed E-state index contributed by atoms with van der Waals surface area (Å²) < 4.78 is 0. The highest BCUT2D eigenvalue weighted by Crippen LogP contribution is 2.23. The van der Waals surface area contributed by atoms with Crippen molar-refractivity contribution in [2.75, 3.05) is 26.7 Å². The molecule has 1 heterocycles. The minimum atomic E-state index is 0.650. The number of benzene rings is 1. The summed E-state index contributed by atoms with van der Waals surface area (Å²) >= 11 is 0. The van der Waals surface area contributed by atoms with Crippen LogP contribution in [0.1, 0.15) is 43.4 Å². The van der Waals surface area contributed by atoms with Gasteiger partial charge in [0.15, 0.2) is 0 Å². The van der Waals surface area contributed by atoms with Gasteiger partial charge in [0, 0.05) is 5.71 Å². The quantitative estimate of drug-likeness (QED) is 0.585. The van der Waals surface area contributed by atoms with Crippen LogP contribution in [0.5, 0.6) is 0 Å². The van der Waals surface area contributed by atoms with Gasteiger partial charge in [0.1, 0.15) is 0 Å². The fourth-order valence-corrected chi connectivity index (χ4v) is 3.13. The molecule has 1 aliphatic rings.